The van der Waals surface area contributed by atoms with Crippen molar-refractivity contribution in [1.29, 1.82) is 0 Å². The Balaban J connectivity index is 2.43. The van der Waals surface area contributed by atoms with Crippen molar-refractivity contribution in [2.24, 2.45) is 10.9 Å². The van der Waals surface area contributed by atoms with Crippen LogP contribution in [0.3, 0.4) is 0 Å². The average Bonchev–Trinajstić information content (AvgIpc) is 2.56. The van der Waals surface area contributed by atoms with Crippen molar-refractivity contribution in [2.45, 2.75) is 64.7 Å². The molecule has 1 heterocycles. The van der Waals surface area contributed by atoms with Crippen LogP contribution < -0.4 is 10.6 Å². The van der Waals surface area contributed by atoms with Crippen LogP contribution >= 0.6 is 11.8 Å². The Hall–Kier alpha value is -1.11. The second-order valence-corrected chi connectivity index (χ2v) is 9.96. The lowest BCUT2D eigenvalue weighted by Crippen LogP contribution is -2.45. The zero-order chi connectivity index (χ0) is 19.8. The summed E-state index contributed by atoms with van der Waals surface area (Å²) in [6.07, 6.45) is 3.90. The molecule has 0 radical (unpaired) electrons. The maximum Gasteiger partial charge on any atom is 0.410 e. The number of carbonyl (C=O) groups excluding carboxylic acids is 1. The van der Waals surface area contributed by atoms with E-state index in [1.54, 1.807) is 0 Å². The van der Waals surface area contributed by atoms with Crippen LogP contribution in [0.25, 0.3) is 0 Å². The molecule has 1 aliphatic rings. The lowest BCUT2D eigenvalue weighted by Gasteiger charge is -2.33. The molecule has 0 aromatic heterocycles. The Labute approximate surface area is 163 Å². The first-order valence-corrected chi connectivity index (χ1v) is 10.8. The van der Waals surface area contributed by atoms with Gasteiger partial charge in [-0.15, -0.1) is 0 Å². The van der Waals surface area contributed by atoms with E-state index in [9.17, 15) is 4.79 Å². The first kappa shape index (κ1) is 22.9. The quantitative estimate of drug-likeness (QED) is 0.541. The molecule has 7 heteroatoms. The van der Waals surface area contributed by atoms with E-state index in [-0.39, 0.29) is 10.8 Å². The molecule has 0 bridgehead atoms. The lowest BCUT2D eigenvalue weighted by molar-refractivity contribution is 0.0185. The van der Waals surface area contributed by atoms with Gasteiger partial charge in [0.2, 0.25) is 0 Å². The summed E-state index contributed by atoms with van der Waals surface area (Å²) in [7, 11) is 0. The van der Waals surface area contributed by atoms with E-state index in [1.807, 2.05) is 37.4 Å². The molecule has 1 saturated heterocycles. The summed E-state index contributed by atoms with van der Waals surface area (Å²) in [5.41, 5.74) is -0.433. The number of ether oxygens (including phenoxy) is 1. The van der Waals surface area contributed by atoms with Gasteiger partial charge in [-0.25, -0.2) is 4.79 Å². The van der Waals surface area contributed by atoms with Crippen molar-refractivity contribution >= 4 is 23.8 Å². The number of carbonyl (C=O) groups is 1. The Morgan fingerprint density at radius 3 is 2.31 bits per heavy atom. The molecule has 1 aliphatic heterocycles. The van der Waals surface area contributed by atoms with Crippen LogP contribution in [0.5, 0.6) is 0 Å². The standard InChI is InChI=1S/C19H38N4O2S/c1-8-20-16(22-14-19(5,6)26-7)21-13-15-9-11-23(12-10-15)17(24)25-18(2,3)4/h15H,8-14H2,1-7H3,(H2,20,21,22). The van der Waals surface area contributed by atoms with Gasteiger partial charge in [-0.05, 0) is 66.6 Å². The van der Waals surface area contributed by atoms with Crippen molar-refractivity contribution in [1.82, 2.24) is 15.5 Å². The molecule has 1 fully saturated rings. The molecule has 0 aromatic carbocycles. The fraction of sp³-hybridized carbons (Fsp3) is 0.895. The summed E-state index contributed by atoms with van der Waals surface area (Å²) < 4.78 is 5.60. The third kappa shape index (κ3) is 9.01. The summed E-state index contributed by atoms with van der Waals surface area (Å²) in [6, 6.07) is 0. The monoisotopic (exact) mass is 386 g/mol. The highest BCUT2D eigenvalue weighted by molar-refractivity contribution is 7.99. The minimum absolute atomic E-state index is 0.140. The summed E-state index contributed by atoms with van der Waals surface area (Å²) in [6.45, 7) is 16.2. The van der Waals surface area contributed by atoms with Gasteiger partial charge in [0.25, 0.3) is 0 Å². The first-order chi connectivity index (χ1) is 12.1. The maximum absolute atomic E-state index is 12.1. The topological polar surface area (TPSA) is 66.0 Å². The normalized spacial score (nSPS) is 17.2. The molecule has 0 saturated carbocycles. The van der Waals surface area contributed by atoms with Gasteiger partial charge in [-0.3, -0.25) is 4.99 Å². The average molecular weight is 387 g/mol. The highest BCUT2D eigenvalue weighted by atomic mass is 32.2. The first-order valence-electron chi connectivity index (χ1n) is 9.61. The third-order valence-electron chi connectivity index (χ3n) is 4.34. The van der Waals surface area contributed by atoms with Crippen molar-refractivity contribution in [3.05, 3.63) is 0 Å². The third-order valence-corrected chi connectivity index (χ3v) is 5.57. The van der Waals surface area contributed by atoms with Crippen molar-refractivity contribution in [3.63, 3.8) is 0 Å². The molecule has 1 amide bonds. The number of guanidine groups is 1. The Morgan fingerprint density at radius 1 is 1.19 bits per heavy atom. The zero-order valence-corrected chi connectivity index (χ0v) is 18.5. The smallest absolute Gasteiger partial charge is 0.410 e. The minimum atomic E-state index is -0.433. The molecule has 0 atom stereocenters. The number of nitrogens with zero attached hydrogens (tertiary/aromatic N) is 2. The number of nitrogens with one attached hydrogen (secondary N) is 2. The molecule has 0 aliphatic carbocycles. The second-order valence-electron chi connectivity index (χ2n) is 8.45. The van der Waals surface area contributed by atoms with Gasteiger partial charge in [-0.2, -0.15) is 11.8 Å². The van der Waals surface area contributed by atoms with E-state index < -0.39 is 5.60 Å². The Bertz CT molecular complexity index is 467. The predicted octanol–water partition coefficient (Wildman–Crippen LogP) is 3.33. The molecule has 0 unspecified atom stereocenters. The number of likely N-dealkylation sites (tertiary alicyclic amines) is 1. The van der Waals surface area contributed by atoms with Crippen LogP contribution in [0.4, 0.5) is 4.79 Å². The van der Waals surface area contributed by atoms with Gasteiger partial charge >= 0.3 is 6.09 Å². The lowest BCUT2D eigenvalue weighted by atomic mass is 9.97. The van der Waals surface area contributed by atoms with Crippen molar-refractivity contribution in [3.8, 4) is 0 Å². The summed E-state index contributed by atoms with van der Waals surface area (Å²) in [5, 5.41) is 6.78. The van der Waals surface area contributed by atoms with Crippen LogP contribution in [0.1, 0.15) is 54.4 Å². The molecule has 152 valence electrons. The highest BCUT2D eigenvalue weighted by Gasteiger charge is 2.26. The highest BCUT2D eigenvalue weighted by Crippen LogP contribution is 2.21. The number of rotatable bonds is 6. The van der Waals surface area contributed by atoms with Crippen LogP contribution in [0, 0.1) is 5.92 Å². The molecule has 0 aromatic rings. The minimum Gasteiger partial charge on any atom is -0.444 e. The van der Waals surface area contributed by atoms with Gasteiger partial charge in [0.1, 0.15) is 5.60 Å². The molecular weight excluding hydrogens is 348 g/mol. The number of piperidine rings is 1. The number of hydrogen-bond donors (Lipinski definition) is 2. The largest absolute Gasteiger partial charge is 0.444 e. The van der Waals surface area contributed by atoms with Crippen LogP contribution in [-0.2, 0) is 4.74 Å². The van der Waals surface area contributed by atoms with E-state index >= 15 is 0 Å². The molecule has 0 spiro atoms. The summed E-state index contributed by atoms with van der Waals surface area (Å²) in [4.78, 5) is 18.7. The van der Waals surface area contributed by atoms with E-state index in [0.29, 0.717) is 5.92 Å². The van der Waals surface area contributed by atoms with E-state index in [0.717, 1.165) is 51.5 Å². The summed E-state index contributed by atoms with van der Waals surface area (Å²) in [5.74, 6) is 1.43. The van der Waals surface area contributed by atoms with E-state index in [1.165, 1.54) is 0 Å². The fourth-order valence-electron chi connectivity index (χ4n) is 2.56. The number of thioether (sulfide) groups is 1. The van der Waals surface area contributed by atoms with Gasteiger partial charge in [-0.1, -0.05) is 0 Å². The zero-order valence-electron chi connectivity index (χ0n) is 17.6. The van der Waals surface area contributed by atoms with Gasteiger partial charge < -0.3 is 20.3 Å². The SMILES string of the molecule is CCNC(=NCC(C)(C)SC)NCC1CCN(C(=O)OC(C)(C)C)CC1. The van der Waals surface area contributed by atoms with Crippen LogP contribution in [0.2, 0.25) is 0 Å². The van der Waals surface area contributed by atoms with Crippen molar-refractivity contribution in [2.75, 3.05) is 39.0 Å². The molecular formula is C19H38N4O2S. The number of aliphatic imine (C=N–C) groups is 1. The fourth-order valence-corrected chi connectivity index (χ4v) is 2.76. The molecule has 1 rings (SSSR count). The Kier molecular flexibility index (Phi) is 9.07. The van der Waals surface area contributed by atoms with Crippen LogP contribution in [0.15, 0.2) is 4.99 Å². The summed E-state index contributed by atoms with van der Waals surface area (Å²) >= 11 is 1.83. The van der Waals surface area contributed by atoms with Gasteiger partial charge in [0, 0.05) is 30.9 Å². The maximum atomic E-state index is 12.1. The second kappa shape index (κ2) is 10.3. The predicted molar refractivity (Wildman–Crippen MR) is 112 cm³/mol. The molecule has 26 heavy (non-hydrogen) atoms. The van der Waals surface area contributed by atoms with Gasteiger partial charge in [0.15, 0.2) is 5.96 Å². The van der Waals surface area contributed by atoms with E-state index in [2.05, 4.69) is 37.7 Å². The number of hydrogen-bond acceptors (Lipinski definition) is 4. The van der Waals surface area contributed by atoms with Gasteiger partial charge in [0.05, 0.1) is 6.54 Å². The number of amides is 1. The van der Waals surface area contributed by atoms with Crippen LogP contribution in [-0.4, -0.2) is 66.3 Å². The van der Waals surface area contributed by atoms with E-state index in [4.69, 9.17) is 9.73 Å². The molecule has 6 nitrogen and oxygen atoms in total. The van der Waals surface area contributed by atoms with Crippen molar-refractivity contribution < 1.29 is 9.53 Å². The molecule has 2 N–H and O–H groups in total. The Morgan fingerprint density at radius 2 is 1.81 bits per heavy atom.